The van der Waals surface area contributed by atoms with Crippen molar-refractivity contribution < 1.29 is 4.39 Å². The zero-order chi connectivity index (χ0) is 13.2. The number of nitrogens with zero attached hydrogens (tertiary/aromatic N) is 2. The Morgan fingerprint density at radius 2 is 2.26 bits per heavy atom. The molecular weight excluding hydrogens is 241 g/mol. The summed E-state index contributed by atoms with van der Waals surface area (Å²) in [5.41, 5.74) is 3.11. The fourth-order valence-corrected chi connectivity index (χ4v) is 2.45. The van der Waals surface area contributed by atoms with Gasteiger partial charge >= 0.3 is 0 Å². The summed E-state index contributed by atoms with van der Waals surface area (Å²) in [6, 6.07) is 10.5. The molecule has 0 spiro atoms. The van der Waals surface area contributed by atoms with Crippen LogP contribution in [0.3, 0.4) is 0 Å². The van der Waals surface area contributed by atoms with Crippen LogP contribution in [-0.2, 0) is 6.42 Å². The van der Waals surface area contributed by atoms with Gasteiger partial charge in [0.25, 0.3) is 0 Å². The van der Waals surface area contributed by atoms with Gasteiger partial charge in [0.15, 0.2) is 0 Å². The fraction of sp³-hybridized carbons (Fsp3) is 0.200. The van der Waals surface area contributed by atoms with Gasteiger partial charge in [-0.25, -0.2) is 4.39 Å². The van der Waals surface area contributed by atoms with Crippen molar-refractivity contribution in [2.75, 3.05) is 5.32 Å². The molecule has 1 N–H and O–H groups in total. The predicted molar refractivity (Wildman–Crippen MR) is 70.0 cm³/mol. The molecule has 0 saturated carbocycles. The molecule has 3 rings (SSSR count). The van der Waals surface area contributed by atoms with Gasteiger partial charge < -0.3 is 5.32 Å². The highest BCUT2D eigenvalue weighted by Gasteiger charge is 2.23. The molecular formula is C15H12FN3. The van der Waals surface area contributed by atoms with Crippen LogP contribution in [0.5, 0.6) is 0 Å². The van der Waals surface area contributed by atoms with Crippen molar-refractivity contribution in [3.05, 3.63) is 59.2 Å². The summed E-state index contributed by atoms with van der Waals surface area (Å²) >= 11 is 0. The second-order valence-electron chi connectivity index (χ2n) is 4.59. The Morgan fingerprint density at radius 1 is 1.37 bits per heavy atom. The van der Waals surface area contributed by atoms with Crippen molar-refractivity contribution in [3.63, 3.8) is 0 Å². The Labute approximate surface area is 110 Å². The maximum atomic E-state index is 13.3. The molecule has 1 aromatic heterocycles. The lowest BCUT2D eigenvalue weighted by molar-refractivity contribution is 0.624. The van der Waals surface area contributed by atoms with E-state index in [-0.39, 0.29) is 11.6 Å². The van der Waals surface area contributed by atoms with Gasteiger partial charge in [-0.2, -0.15) is 5.26 Å². The van der Waals surface area contributed by atoms with Crippen molar-refractivity contribution in [2.24, 2.45) is 0 Å². The van der Waals surface area contributed by atoms with Crippen molar-refractivity contribution in [1.29, 1.82) is 5.26 Å². The minimum Gasteiger partial charge on any atom is -0.377 e. The SMILES string of the molecule is N#Cc1cc(NC2CCc3cccnc32)ccc1F. The largest absolute Gasteiger partial charge is 0.377 e. The number of hydrogen-bond acceptors (Lipinski definition) is 3. The lowest BCUT2D eigenvalue weighted by atomic mass is 10.1. The number of rotatable bonds is 2. The molecule has 1 aliphatic rings. The molecule has 1 aromatic carbocycles. The van der Waals surface area contributed by atoms with E-state index in [1.165, 1.54) is 17.7 Å². The lowest BCUT2D eigenvalue weighted by Gasteiger charge is -2.14. The number of benzene rings is 1. The van der Waals surface area contributed by atoms with Crippen molar-refractivity contribution in [3.8, 4) is 6.07 Å². The van der Waals surface area contributed by atoms with Crippen LogP contribution in [0.25, 0.3) is 0 Å². The van der Waals surface area contributed by atoms with Gasteiger partial charge in [-0.05, 0) is 42.7 Å². The van der Waals surface area contributed by atoms with Crippen molar-refractivity contribution in [2.45, 2.75) is 18.9 Å². The second-order valence-corrected chi connectivity index (χ2v) is 4.59. The molecule has 0 fully saturated rings. The van der Waals surface area contributed by atoms with Crippen molar-refractivity contribution >= 4 is 5.69 Å². The molecule has 4 heteroatoms. The summed E-state index contributed by atoms with van der Waals surface area (Å²) in [4.78, 5) is 4.40. The number of pyridine rings is 1. The Hall–Kier alpha value is -2.41. The minimum atomic E-state index is -0.488. The van der Waals surface area contributed by atoms with Crippen LogP contribution in [0.4, 0.5) is 10.1 Å². The first kappa shape index (κ1) is 11.7. The Kier molecular flexibility index (Phi) is 2.88. The average Bonchev–Trinajstić information content (AvgIpc) is 2.84. The third kappa shape index (κ3) is 2.15. The van der Waals surface area contributed by atoms with E-state index < -0.39 is 5.82 Å². The lowest BCUT2D eigenvalue weighted by Crippen LogP contribution is -2.08. The summed E-state index contributed by atoms with van der Waals surface area (Å²) in [6.07, 6.45) is 3.74. The molecule has 1 unspecified atom stereocenters. The zero-order valence-electron chi connectivity index (χ0n) is 10.2. The van der Waals surface area contributed by atoms with E-state index in [1.54, 1.807) is 12.3 Å². The molecule has 0 radical (unpaired) electrons. The van der Waals surface area contributed by atoms with E-state index in [9.17, 15) is 4.39 Å². The average molecular weight is 253 g/mol. The number of aryl methyl sites for hydroxylation is 1. The fourth-order valence-electron chi connectivity index (χ4n) is 2.45. The van der Waals surface area contributed by atoms with Crippen LogP contribution in [0.2, 0.25) is 0 Å². The topological polar surface area (TPSA) is 48.7 Å². The van der Waals surface area contributed by atoms with E-state index in [4.69, 9.17) is 5.26 Å². The van der Waals surface area contributed by atoms with E-state index >= 15 is 0 Å². The van der Waals surface area contributed by atoms with E-state index in [0.29, 0.717) is 0 Å². The molecule has 94 valence electrons. The van der Waals surface area contributed by atoms with Gasteiger partial charge in [0.05, 0.1) is 17.3 Å². The van der Waals surface area contributed by atoms with Gasteiger partial charge in [0.2, 0.25) is 0 Å². The van der Waals surface area contributed by atoms with Gasteiger partial charge in [-0.3, -0.25) is 4.98 Å². The minimum absolute atomic E-state index is 0.0595. The molecule has 2 aromatic rings. The highest BCUT2D eigenvalue weighted by molar-refractivity contribution is 5.52. The quantitative estimate of drug-likeness (QED) is 0.894. The second kappa shape index (κ2) is 4.69. The Balaban J connectivity index is 1.86. The first-order valence-electron chi connectivity index (χ1n) is 6.18. The first-order chi connectivity index (χ1) is 9.28. The van der Waals surface area contributed by atoms with Crippen molar-refractivity contribution in [1.82, 2.24) is 4.98 Å². The third-order valence-electron chi connectivity index (χ3n) is 3.39. The van der Waals surface area contributed by atoms with Gasteiger partial charge in [-0.1, -0.05) is 6.07 Å². The monoisotopic (exact) mass is 253 g/mol. The molecule has 0 bridgehead atoms. The zero-order valence-corrected chi connectivity index (χ0v) is 10.2. The predicted octanol–water partition coefficient (Wildman–Crippen LogP) is 3.19. The number of fused-ring (bicyclic) bond motifs is 1. The summed E-state index contributed by atoms with van der Waals surface area (Å²) in [5.74, 6) is -0.488. The first-order valence-corrected chi connectivity index (χ1v) is 6.18. The van der Waals surface area contributed by atoms with Gasteiger partial charge in [0, 0.05) is 11.9 Å². The number of aromatic nitrogens is 1. The number of anilines is 1. The van der Waals surface area contributed by atoms with Crippen LogP contribution in [0.15, 0.2) is 36.5 Å². The molecule has 3 nitrogen and oxygen atoms in total. The van der Waals surface area contributed by atoms with Crippen LogP contribution < -0.4 is 5.32 Å². The molecule has 0 saturated heterocycles. The van der Waals surface area contributed by atoms with Crippen LogP contribution in [-0.4, -0.2) is 4.98 Å². The number of halogens is 1. The molecule has 1 atom stereocenters. The maximum absolute atomic E-state index is 13.3. The van der Waals surface area contributed by atoms with Gasteiger partial charge in [0.1, 0.15) is 11.9 Å². The van der Waals surface area contributed by atoms with E-state index in [1.807, 2.05) is 12.1 Å². The summed E-state index contributed by atoms with van der Waals surface area (Å²) in [5, 5.41) is 12.2. The smallest absolute Gasteiger partial charge is 0.141 e. The highest BCUT2D eigenvalue weighted by Crippen LogP contribution is 2.32. The summed E-state index contributed by atoms with van der Waals surface area (Å²) in [6.45, 7) is 0. The maximum Gasteiger partial charge on any atom is 0.141 e. The van der Waals surface area contributed by atoms with Crippen LogP contribution in [0.1, 0.15) is 29.3 Å². The molecule has 1 heterocycles. The van der Waals surface area contributed by atoms with Crippen LogP contribution >= 0.6 is 0 Å². The number of nitrogens with one attached hydrogen (secondary N) is 1. The van der Waals surface area contributed by atoms with E-state index in [2.05, 4.69) is 16.4 Å². The molecule has 0 aliphatic heterocycles. The molecule has 0 amide bonds. The highest BCUT2D eigenvalue weighted by atomic mass is 19.1. The number of nitriles is 1. The summed E-state index contributed by atoms with van der Waals surface area (Å²) < 4.78 is 13.3. The normalized spacial score (nSPS) is 16.7. The van der Waals surface area contributed by atoms with E-state index in [0.717, 1.165) is 24.2 Å². The number of hydrogen-bond donors (Lipinski definition) is 1. The van der Waals surface area contributed by atoms with Crippen LogP contribution in [0, 0.1) is 17.1 Å². The third-order valence-corrected chi connectivity index (χ3v) is 3.39. The molecule has 1 aliphatic carbocycles. The standard InChI is InChI=1S/C15H12FN3/c16-13-5-4-12(8-11(13)9-17)19-14-6-3-10-2-1-7-18-15(10)14/h1-2,4-5,7-8,14,19H,3,6H2. The van der Waals surface area contributed by atoms with Gasteiger partial charge in [-0.15, -0.1) is 0 Å². The Bertz CT molecular complexity index is 661. The Morgan fingerprint density at radius 3 is 3.11 bits per heavy atom. The molecule has 19 heavy (non-hydrogen) atoms. The summed E-state index contributed by atoms with van der Waals surface area (Å²) in [7, 11) is 0.